The highest BCUT2D eigenvalue weighted by atomic mass is 32.2. The van der Waals surface area contributed by atoms with E-state index in [1.807, 2.05) is 0 Å². The molecule has 0 atom stereocenters. The lowest BCUT2D eigenvalue weighted by Gasteiger charge is -2.26. The van der Waals surface area contributed by atoms with Crippen molar-refractivity contribution in [2.45, 2.75) is 0 Å². The number of benzene rings is 1. The van der Waals surface area contributed by atoms with Crippen molar-refractivity contribution in [2.75, 3.05) is 49.7 Å². The van der Waals surface area contributed by atoms with Crippen LogP contribution in [0.25, 0.3) is 0 Å². The first-order valence-electron chi connectivity index (χ1n) is 7.69. The van der Waals surface area contributed by atoms with E-state index in [1.165, 1.54) is 24.3 Å². The summed E-state index contributed by atoms with van der Waals surface area (Å²) in [6.45, 7) is 1.65. The van der Waals surface area contributed by atoms with Gasteiger partial charge < -0.3 is 19.7 Å². The predicted molar refractivity (Wildman–Crippen MR) is 90.7 cm³/mol. The van der Waals surface area contributed by atoms with Crippen LogP contribution in [0, 0.1) is 5.82 Å². The Morgan fingerprint density at radius 2 is 1.84 bits per heavy atom. The van der Waals surface area contributed by atoms with Gasteiger partial charge in [0, 0.05) is 18.8 Å². The molecular weight excluding hydrogens is 351 g/mol. The zero-order valence-electron chi connectivity index (χ0n) is 13.5. The van der Waals surface area contributed by atoms with Crippen LogP contribution in [-0.2, 0) is 23.9 Å². The first kappa shape index (κ1) is 19.2. The van der Waals surface area contributed by atoms with Crippen molar-refractivity contribution in [1.29, 1.82) is 0 Å². The number of hydrogen-bond acceptors (Lipinski definition) is 6. The second-order valence-electron chi connectivity index (χ2n) is 5.20. The van der Waals surface area contributed by atoms with Crippen LogP contribution in [0.3, 0.4) is 0 Å². The van der Waals surface area contributed by atoms with Crippen LogP contribution in [0.15, 0.2) is 24.3 Å². The number of thioether (sulfide) groups is 1. The molecule has 2 amide bonds. The largest absolute Gasteiger partial charge is 0.455 e. The topological polar surface area (TPSA) is 84.9 Å². The molecule has 0 aliphatic carbocycles. The summed E-state index contributed by atoms with van der Waals surface area (Å²) in [5.74, 6) is -1.50. The molecule has 1 heterocycles. The number of nitrogens with one attached hydrogen (secondary N) is 1. The predicted octanol–water partition coefficient (Wildman–Crippen LogP) is 0.899. The summed E-state index contributed by atoms with van der Waals surface area (Å²) < 4.78 is 22.8. The summed E-state index contributed by atoms with van der Waals surface area (Å²) >= 11 is 1.07. The first-order chi connectivity index (χ1) is 12.0. The molecule has 9 heteroatoms. The molecule has 25 heavy (non-hydrogen) atoms. The normalized spacial score (nSPS) is 14.0. The fraction of sp³-hybridized carbons (Fsp3) is 0.438. The summed E-state index contributed by atoms with van der Waals surface area (Å²) in [6, 6.07) is 5.38. The van der Waals surface area contributed by atoms with Crippen LogP contribution in [0.2, 0.25) is 0 Å². The minimum atomic E-state index is -0.554. The molecular formula is C16H19FN2O5S. The van der Waals surface area contributed by atoms with Gasteiger partial charge in [-0.15, -0.1) is 11.8 Å². The number of anilines is 1. The number of rotatable bonds is 7. The number of nitrogens with zero attached hydrogens (tertiary/aromatic N) is 1. The third kappa shape index (κ3) is 7.10. The number of amides is 2. The van der Waals surface area contributed by atoms with Crippen molar-refractivity contribution in [3.63, 3.8) is 0 Å². The molecule has 7 nitrogen and oxygen atoms in total. The lowest BCUT2D eigenvalue weighted by atomic mass is 10.3. The van der Waals surface area contributed by atoms with E-state index in [0.29, 0.717) is 32.0 Å². The van der Waals surface area contributed by atoms with Crippen LogP contribution in [0.4, 0.5) is 10.1 Å². The monoisotopic (exact) mass is 370 g/mol. The molecule has 2 rings (SSSR count). The molecule has 0 radical (unpaired) electrons. The number of hydrogen-bond donors (Lipinski definition) is 1. The first-order valence-corrected chi connectivity index (χ1v) is 8.84. The second kappa shape index (κ2) is 10.00. The maximum Gasteiger partial charge on any atom is 0.316 e. The summed E-state index contributed by atoms with van der Waals surface area (Å²) in [7, 11) is 0. The average molecular weight is 370 g/mol. The standard InChI is InChI=1S/C16H19FN2O5S/c17-12-1-3-13(4-2-12)18-14(20)10-25-11-16(22)24-9-15(21)19-5-7-23-8-6-19/h1-4H,5-11H2,(H,18,20). The molecule has 1 fully saturated rings. The van der Waals surface area contributed by atoms with E-state index in [4.69, 9.17) is 9.47 Å². The zero-order chi connectivity index (χ0) is 18.1. The minimum Gasteiger partial charge on any atom is -0.455 e. The lowest BCUT2D eigenvalue weighted by Crippen LogP contribution is -2.42. The van der Waals surface area contributed by atoms with Crippen molar-refractivity contribution in [1.82, 2.24) is 4.90 Å². The highest BCUT2D eigenvalue weighted by molar-refractivity contribution is 8.00. The summed E-state index contributed by atoms with van der Waals surface area (Å²) in [6.07, 6.45) is 0. The molecule has 0 unspecified atom stereocenters. The van der Waals surface area contributed by atoms with E-state index in [9.17, 15) is 18.8 Å². The Balaban J connectivity index is 1.59. The van der Waals surface area contributed by atoms with E-state index in [-0.39, 0.29) is 35.7 Å². The number of ether oxygens (including phenoxy) is 2. The van der Waals surface area contributed by atoms with Gasteiger partial charge in [0.05, 0.1) is 24.7 Å². The Labute approximate surface area is 148 Å². The fourth-order valence-corrected chi connectivity index (χ4v) is 2.65. The van der Waals surface area contributed by atoms with Gasteiger partial charge in [-0.1, -0.05) is 0 Å². The highest BCUT2D eigenvalue weighted by Crippen LogP contribution is 2.09. The molecule has 1 aliphatic rings. The van der Waals surface area contributed by atoms with Gasteiger partial charge in [-0.2, -0.15) is 0 Å². The van der Waals surface area contributed by atoms with Gasteiger partial charge in [0.1, 0.15) is 5.82 Å². The third-order valence-electron chi connectivity index (χ3n) is 3.30. The fourth-order valence-electron chi connectivity index (χ4n) is 2.05. The molecule has 0 aromatic heterocycles. The van der Waals surface area contributed by atoms with Gasteiger partial charge >= 0.3 is 5.97 Å². The Bertz CT molecular complexity index is 605. The molecule has 1 aromatic carbocycles. The van der Waals surface area contributed by atoms with Gasteiger partial charge in [-0.05, 0) is 24.3 Å². The van der Waals surface area contributed by atoms with Gasteiger partial charge in [-0.3, -0.25) is 14.4 Å². The SMILES string of the molecule is O=C(CSCC(=O)OCC(=O)N1CCOCC1)Nc1ccc(F)cc1. The summed E-state index contributed by atoms with van der Waals surface area (Å²) in [5.41, 5.74) is 0.477. The van der Waals surface area contributed by atoms with Crippen molar-refractivity contribution >= 4 is 35.2 Å². The molecule has 1 aromatic rings. The quantitative estimate of drug-likeness (QED) is 0.718. The maximum absolute atomic E-state index is 12.8. The van der Waals surface area contributed by atoms with Gasteiger partial charge in [0.2, 0.25) is 5.91 Å². The van der Waals surface area contributed by atoms with Crippen molar-refractivity contribution in [3.8, 4) is 0 Å². The molecule has 0 bridgehead atoms. The summed E-state index contributed by atoms with van der Waals surface area (Å²) in [5, 5.41) is 2.58. The Hall–Kier alpha value is -2.13. The van der Waals surface area contributed by atoms with E-state index in [1.54, 1.807) is 4.90 Å². The molecule has 1 aliphatic heterocycles. The molecule has 0 saturated carbocycles. The number of carbonyl (C=O) groups excluding carboxylic acids is 3. The second-order valence-corrected chi connectivity index (χ2v) is 6.19. The Kier molecular flexibility index (Phi) is 7.68. The summed E-state index contributed by atoms with van der Waals surface area (Å²) in [4.78, 5) is 36.7. The van der Waals surface area contributed by atoms with Crippen molar-refractivity contribution < 1.29 is 28.2 Å². The van der Waals surface area contributed by atoms with E-state index in [2.05, 4.69) is 5.32 Å². The lowest BCUT2D eigenvalue weighted by molar-refractivity contribution is -0.151. The van der Waals surface area contributed by atoms with Crippen LogP contribution in [0.5, 0.6) is 0 Å². The van der Waals surface area contributed by atoms with E-state index >= 15 is 0 Å². The molecule has 136 valence electrons. The number of carbonyl (C=O) groups is 3. The average Bonchev–Trinajstić information content (AvgIpc) is 2.62. The smallest absolute Gasteiger partial charge is 0.316 e. The minimum absolute atomic E-state index is 0.0345. The Morgan fingerprint density at radius 1 is 1.16 bits per heavy atom. The zero-order valence-corrected chi connectivity index (χ0v) is 14.4. The van der Waals surface area contributed by atoms with Gasteiger partial charge in [0.15, 0.2) is 6.61 Å². The van der Waals surface area contributed by atoms with Gasteiger partial charge in [-0.25, -0.2) is 4.39 Å². The van der Waals surface area contributed by atoms with Crippen LogP contribution < -0.4 is 5.32 Å². The number of esters is 1. The van der Waals surface area contributed by atoms with Gasteiger partial charge in [0.25, 0.3) is 5.91 Å². The highest BCUT2D eigenvalue weighted by Gasteiger charge is 2.18. The molecule has 1 N–H and O–H groups in total. The molecule has 1 saturated heterocycles. The van der Waals surface area contributed by atoms with Crippen LogP contribution in [-0.4, -0.2) is 67.1 Å². The van der Waals surface area contributed by atoms with Crippen molar-refractivity contribution in [3.05, 3.63) is 30.1 Å². The van der Waals surface area contributed by atoms with E-state index in [0.717, 1.165) is 11.8 Å². The van der Waals surface area contributed by atoms with Crippen molar-refractivity contribution in [2.24, 2.45) is 0 Å². The Morgan fingerprint density at radius 3 is 2.52 bits per heavy atom. The molecule has 0 spiro atoms. The third-order valence-corrected chi connectivity index (χ3v) is 4.21. The van der Waals surface area contributed by atoms with Crippen LogP contribution in [0.1, 0.15) is 0 Å². The van der Waals surface area contributed by atoms with Crippen LogP contribution >= 0.6 is 11.8 Å². The number of halogens is 1. The van der Waals surface area contributed by atoms with E-state index < -0.39 is 5.97 Å². The number of morpholine rings is 1. The maximum atomic E-state index is 12.8.